The molecule has 0 bridgehead atoms. The van der Waals surface area contributed by atoms with E-state index >= 15 is 0 Å². The Morgan fingerprint density at radius 2 is 1.33 bits per heavy atom. The lowest BCUT2D eigenvalue weighted by atomic mass is 10.0. The topological polar surface area (TPSA) is 96.4 Å². The molecule has 0 radical (unpaired) electrons. The molecule has 0 saturated carbocycles. The molecular weight excluding hydrogens is 388 g/mol. The van der Waals surface area contributed by atoms with Crippen molar-refractivity contribution in [2.75, 3.05) is 19.7 Å². The average molecular weight is 429 g/mol. The molecule has 0 aromatic carbocycles. The predicted octanol–water partition coefficient (Wildman–Crippen LogP) is 3.74. The van der Waals surface area contributed by atoms with Crippen LogP contribution in [0.1, 0.15) is 80.1 Å². The minimum atomic E-state index is -0.498. The molecule has 8 nitrogen and oxygen atoms in total. The molecule has 2 aliphatic heterocycles. The highest BCUT2D eigenvalue weighted by Gasteiger charge is 2.30. The maximum absolute atomic E-state index is 11.8. The van der Waals surface area contributed by atoms with E-state index in [-0.39, 0.29) is 30.9 Å². The largest absolute Gasteiger partial charge is 0.444 e. The Bertz CT molecular complexity index is 567. The van der Waals surface area contributed by atoms with Gasteiger partial charge in [0.05, 0.1) is 18.7 Å². The van der Waals surface area contributed by atoms with Gasteiger partial charge in [-0.25, -0.2) is 9.59 Å². The Kier molecular flexibility index (Phi) is 10.1. The third-order valence-electron chi connectivity index (χ3n) is 4.80. The van der Waals surface area contributed by atoms with E-state index in [9.17, 15) is 14.4 Å². The fraction of sp³-hybridized carbons (Fsp3) is 0.864. The van der Waals surface area contributed by atoms with Crippen molar-refractivity contribution >= 4 is 18.5 Å². The smallest absolute Gasteiger partial charge is 0.410 e. The molecule has 0 aromatic heterocycles. The number of aliphatic hydroxyl groups excluding tert-OH is 1. The highest BCUT2D eigenvalue weighted by Crippen LogP contribution is 2.20. The Balaban J connectivity index is 0.000000300. The van der Waals surface area contributed by atoms with Crippen LogP contribution in [-0.2, 0) is 14.3 Å². The van der Waals surface area contributed by atoms with Crippen LogP contribution in [0, 0.1) is 0 Å². The Morgan fingerprint density at radius 1 is 0.867 bits per heavy atom. The van der Waals surface area contributed by atoms with Crippen LogP contribution < -0.4 is 0 Å². The summed E-state index contributed by atoms with van der Waals surface area (Å²) in [6.07, 6.45) is 5.80. The summed E-state index contributed by atoms with van der Waals surface area (Å²) >= 11 is 0. The Labute approximate surface area is 180 Å². The third-order valence-corrected chi connectivity index (χ3v) is 4.80. The van der Waals surface area contributed by atoms with Crippen molar-refractivity contribution < 1.29 is 29.0 Å². The summed E-state index contributed by atoms with van der Waals surface area (Å²) in [5.41, 5.74) is -0.962. The molecule has 174 valence electrons. The van der Waals surface area contributed by atoms with E-state index in [4.69, 9.17) is 14.6 Å². The number of hydrogen-bond donors (Lipinski definition) is 1. The van der Waals surface area contributed by atoms with Gasteiger partial charge >= 0.3 is 12.2 Å². The van der Waals surface area contributed by atoms with E-state index in [1.807, 2.05) is 41.5 Å². The van der Waals surface area contributed by atoms with Gasteiger partial charge in [0.2, 0.25) is 0 Å². The number of ether oxygens (including phenoxy) is 2. The Hall–Kier alpha value is -1.83. The SMILES string of the molecule is CC(C)(C)OC(=O)N1CCCCC1C=O.CC(C)(C)OC(=O)N1CCCCC1CO. The van der Waals surface area contributed by atoms with Gasteiger partial charge in [0.15, 0.2) is 0 Å². The zero-order valence-corrected chi connectivity index (χ0v) is 19.5. The first-order chi connectivity index (χ1) is 13.9. The van der Waals surface area contributed by atoms with Gasteiger partial charge in [-0.15, -0.1) is 0 Å². The molecular formula is C22H40N2O6. The van der Waals surface area contributed by atoms with Gasteiger partial charge in [-0.1, -0.05) is 0 Å². The first-order valence-electron chi connectivity index (χ1n) is 10.9. The highest BCUT2D eigenvalue weighted by atomic mass is 16.6. The normalized spacial score (nSPS) is 22.5. The van der Waals surface area contributed by atoms with Crippen LogP contribution in [0.3, 0.4) is 0 Å². The lowest BCUT2D eigenvalue weighted by Gasteiger charge is -2.35. The fourth-order valence-corrected chi connectivity index (χ4v) is 3.40. The van der Waals surface area contributed by atoms with Crippen LogP contribution in [-0.4, -0.2) is 76.4 Å². The van der Waals surface area contributed by atoms with Gasteiger partial charge in [-0.2, -0.15) is 0 Å². The fourth-order valence-electron chi connectivity index (χ4n) is 3.40. The van der Waals surface area contributed by atoms with Gasteiger partial charge < -0.3 is 24.3 Å². The second-order valence-electron chi connectivity index (χ2n) is 9.88. The van der Waals surface area contributed by atoms with E-state index in [1.54, 1.807) is 4.90 Å². The average Bonchev–Trinajstić information content (AvgIpc) is 2.65. The molecule has 2 amide bonds. The molecule has 0 spiro atoms. The number of carbonyl (C=O) groups is 3. The minimum absolute atomic E-state index is 0.0270. The quantitative estimate of drug-likeness (QED) is 0.673. The van der Waals surface area contributed by atoms with E-state index in [0.717, 1.165) is 44.8 Å². The molecule has 0 aliphatic carbocycles. The molecule has 0 aromatic rings. The van der Waals surface area contributed by atoms with Crippen LogP contribution >= 0.6 is 0 Å². The van der Waals surface area contributed by atoms with Crippen molar-refractivity contribution in [2.24, 2.45) is 0 Å². The van der Waals surface area contributed by atoms with E-state index < -0.39 is 11.2 Å². The van der Waals surface area contributed by atoms with Gasteiger partial charge in [0, 0.05) is 13.1 Å². The van der Waals surface area contributed by atoms with Crippen molar-refractivity contribution in [1.29, 1.82) is 0 Å². The number of aldehydes is 1. The Morgan fingerprint density at radius 3 is 1.80 bits per heavy atom. The number of amides is 2. The van der Waals surface area contributed by atoms with Crippen LogP contribution in [0.25, 0.3) is 0 Å². The maximum Gasteiger partial charge on any atom is 0.410 e. The first-order valence-corrected chi connectivity index (χ1v) is 10.9. The van der Waals surface area contributed by atoms with Crippen LogP contribution in [0.15, 0.2) is 0 Å². The summed E-state index contributed by atoms with van der Waals surface area (Å²) in [4.78, 5) is 37.5. The predicted molar refractivity (Wildman–Crippen MR) is 114 cm³/mol. The van der Waals surface area contributed by atoms with Crippen molar-refractivity contribution in [3.63, 3.8) is 0 Å². The lowest BCUT2D eigenvalue weighted by molar-refractivity contribution is -0.113. The summed E-state index contributed by atoms with van der Waals surface area (Å²) in [5, 5.41) is 9.16. The summed E-state index contributed by atoms with van der Waals surface area (Å²) in [7, 11) is 0. The van der Waals surface area contributed by atoms with E-state index in [0.29, 0.717) is 13.1 Å². The standard InChI is InChI=1S/C11H21NO3.C11H19NO3/c2*1-11(2,3)15-10(14)12-7-5-4-6-9(12)8-13/h9,13H,4-8H2,1-3H3;8-9H,4-7H2,1-3H3. The molecule has 1 N–H and O–H groups in total. The summed E-state index contributed by atoms with van der Waals surface area (Å²) < 4.78 is 10.5. The van der Waals surface area contributed by atoms with Gasteiger partial charge in [-0.3, -0.25) is 4.90 Å². The van der Waals surface area contributed by atoms with Gasteiger partial charge in [0.1, 0.15) is 17.5 Å². The van der Waals surface area contributed by atoms with Crippen molar-refractivity contribution in [3.05, 3.63) is 0 Å². The first kappa shape index (κ1) is 26.2. The van der Waals surface area contributed by atoms with Crippen LogP contribution in [0.4, 0.5) is 9.59 Å². The highest BCUT2D eigenvalue weighted by molar-refractivity contribution is 5.74. The number of nitrogens with zero attached hydrogens (tertiary/aromatic N) is 2. The lowest BCUT2D eigenvalue weighted by Crippen LogP contribution is -2.47. The number of hydrogen-bond acceptors (Lipinski definition) is 6. The number of piperidine rings is 2. The van der Waals surface area contributed by atoms with Gasteiger partial charge in [0.25, 0.3) is 0 Å². The molecule has 2 aliphatic rings. The molecule has 2 unspecified atom stereocenters. The number of likely N-dealkylation sites (tertiary alicyclic amines) is 2. The molecule has 2 fully saturated rings. The summed E-state index contributed by atoms with van der Waals surface area (Å²) in [6.45, 7) is 12.4. The molecule has 30 heavy (non-hydrogen) atoms. The van der Waals surface area contributed by atoms with E-state index in [2.05, 4.69) is 0 Å². The minimum Gasteiger partial charge on any atom is -0.444 e. The molecule has 2 heterocycles. The van der Waals surface area contributed by atoms with Crippen molar-refractivity contribution in [3.8, 4) is 0 Å². The number of carbonyl (C=O) groups excluding carboxylic acids is 3. The third kappa shape index (κ3) is 9.32. The maximum atomic E-state index is 11.8. The monoisotopic (exact) mass is 428 g/mol. The van der Waals surface area contributed by atoms with Crippen LogP contribution in [0.2, 0.25) is 0 Å². The number of rotatable bonds is 2. The zero-order valence-electron chi connectivity index (χ0n) is 19.5. The molecule has 8 heteroatoms. The molecule has 2 saturated heterocycles. The second-order valence-corrected chi connectivity index (χ2v) is 9.88. The van der Waals surface area contributed by atoms with Gasteiger partial charge in [-0.05, 0) is 80.1 Å². The summed E-state index contributed by atoms with van der Waals surface area (Å²) in [5.74, 6) is 0. The van der Waals surface area contributed by atoms with Crippen molar-refractivity contribution in [2.45, 2.75) is 103 Å². The molecule has 2 atom stereocenters. The molecule has 2 rings (SSSR count). The summed E-state index contributed by atoms with van der Waals surface area (Å²) in [6, 6.07) is -0.359. The number of aliphatic hydroxyl groups is 1. The van der Waals surface area contributed by atoms with Crippen molar-refractivity contribution in [1.82, 2.24) is 9.80 Å². The zero-order chi connectivity index (χ0) is 22.9. The second kappa shape index (κ2) is 11.5. The van der Waals surface area contributed by atoms with E-state index in [1.165, 1.54) is 4.90 Å². The van der Waals surface area contributed by atoms with Crippen LogP contribution in [0.5, 0.6) is 0 Å².